The Bertz CT molecular complexity index is 1170. The van der Waals surface area contributed by atoms with Gasteiger partial charge in [0.1, 0.15) is 5.82 Å². The van der Waals surface area contributed by atoms with E-state index in [0.717, 1.165) is 23.0 Å². The molecule has 0 saturated carbocycles. The van der Waals surface area contributed by atoms with Gasteiger partial charge in [0.15, 0.2) is 0 Å². The van der Waals surface area contributed by atoms with Gasteiger partial charge in [0, 0.05) is 43.3 Å². The zero-order chi connectivity index (χ0) is 22.8. The molecule has 0 aliphatic rings. The number of para-hydroxylation sites is 1. The number of carbonyl (C=O) groups is 1. The van der Waals surface area contributed by atoms with E-state index in [4.69, 9.17) is 0 Å². The molecule has 2 N–H and O–H groups in total. The number of aliphatic carboxylic acids is 1. The van der Waals surface area contributed by atoms with Gasteiger partial charge >= 0.3 is 5.97 Å². The number of hydrogen-bond donors (Lipinski definition) is 2. The molecule has 9 heteroatoms. The van der Waals surface area contributed by atoms with Crippen LogP contribution in [0, 0.1) is 5.82 Å². The Morgan fingerprint density at radius 1 is 1.16 bits per heavy atom. The van der Waals surface area contributed by atoms with Crippen LogP contribution >= 0.6 is 0 Å². The van der Waals surface area contributed by atoms with Gasteiger partial charge in [-0.05, 0) is 49.2 Å². The Balaban J connectivity index is 1.99. The molecular formula is C22H25FN2O5S. The first-order valence-corrected chi connectivity index (χ1v) is 11.3. The molecule has 0 amide bonds. The highest BCUT2D eigenvalue weighted by Gasteiger charge is 2.29. The first-order valence-electron chi connectivity index (χ1n) is 9.82. The number of rotatable bonds is 9. The Morgan fingerprint density at radius 3 is 2.42 bits per heavy atom. The maximum atomic E-state index is 13.2. The lowest BCUT2D eigenvalue weighted by Gasteiger charge is -2.28. The van der Waals surface area contributed by atoms with Gasteiger partial charge in [-0.2, -0.15) is 4.31 Å². The zero-order valence-electron chi connectivity index (χ0n) is 17.3. The first kappa shape index (κ1) is 22.9. The molecule has 2 aromatic carbocycles. The van der Waals surface area contributed by atoms with Crippen LogP contribution in [0.1, 0.15) is 24.8 Å². The molecule has 0 bridgehead atoms. The summed E-state index contributed by atoms with van der Waals surface area (Å²) in [5.74, 6) is -2.22. The summed E-state index contributed by atoms with van der Waals surface area (Å²) in [5, 5.41) is 19.8. The summed E-state index contributed by atoms with van der Waals surface area (Å²) in [5.41, 5.74) is 1.41. The van der Waals surface area contributed by atoms with Crippen LogP contribution < -0.4 is 0 Å². The number of carboxylic acids is 1. The normalized spacial score (nSPS) is 14.1. The number of hydrogen-bond acceptors (Lipinski definition) is 4. The summed E-state index contributed by atoms with van der Waals surface area (Å²) in [6, 6.07) is 11.3. The van der Waals surface area contributed by atoms with Crippen molar-refractivity contribution in [3.63, 3.8) is 0 Å². The molecule has 7 nitrogen and oxygen atoms in total. The van der Waals surface area contributed by atoms with Gasteiger partial charge in [-0.3, -0.25) is 4.79 Å². The minimum atomic E-state index is -3.93. The predicted molar refractivity (Wildman–Crippen MR) is 115 cm³/mol. The molecule has 0 fully saturated rings. The smallest absolute Gasteiger partial charge is 0.310 e. The largest absolute Gasteiger partial charge is 0.481 e. The maximum Gasteiger partial charge on any atom is 0.310 e. The van der Waals surface area contributed by atoms with Crippen molar-refractivity contribution in [3.05, 3.63) is 66.1 Å². The van der Waals surface area contributed by atoms with Crippen molar-refractivity contribution in [2.45, 2.75) is 36.7 Å². The molecule has 1 heterocycles. The second-order valence-electron chi connectivity index (χ2n) is 7.46. The highest BCUT2D eigenvalue weighted by Crippen LogP contribution is 2.29. The number of nitrogens with zero attached hydrogens (tertiary/aromatic N) is 2. The van der Waals surface area contributed by atoms with E-state index in [1.165, 1.54) is 23.5 Å². The standard InChI is InChI=1S/C22H25FN2O5S/c1-15(22(27)28)20-14-25(21-6-4-3-5-19(20)21)13-17(11-12-26)24(2)31(29,30)18-9-7-16(23)8-10-18/h3-10,14-15,17,26H,11-13H2,1-2H3,(H,27,28)/t15?,17-/m0/s1. The highest BCUT2D eigenvalue weighted by atomic mass is 32.2. The second kappa shape index (κ2) is 9.17. The Kier molecular flexibility index (Phi) is 6.78. The zero-order valence-corrected chi connectivity index (χ0v) is 18.1. The number of sulfonamides is 1. The fourth-order valence-electron chi connectivity index (χ4n) is 3.64. The fraction of sp³-hybridized carbons (Fsp3) is 0.318. The van der Waals surface area contributed by atoms with E-state index in [-0.39, 0.29) is 24.5 Å². The van der Waals surface area contributed by atoms with Gasteiger partial charge in [0.2, 0.25) is 10.0 Å². The van der Waals surface area contributed by atoms with Crippen molar-refractivity contribution >= 4 is 26.9 Å². The van der Waals surface area contributed by atoms with E-state index in [0.29, 0.717) is 5.56 Å². The third-order valence-corrected chi connectivity index (χ3v) is 7.46. The summed E-state index contributed by atoms with van der Waals surface area (Å²) >= 11 is 0. The summed E-state index contributed by atoms with van der Waals surface area (Å²) in [6.07, 6.45) is 1.90. The van der Waals surface area contributed by atoms with Crippen LogP contribution in [0.5, 0.6) is 0 Å². The Labute approximate surface area is 180 Å². The number of carboxylic acid groups (broad SMARTS) is 1. The van der Waals surface area contributed by atoms with Crippen LogP contribution in [0.25, 0.3) is 10.9 Å². The van der Waals surface area contributed by atoms with Gasteiger partial charge in [-0.15, -0.1) is 0 Å². The second-order valence-corrected chi connectivity index (χ2v) is 9.45. The number of halogens is 1. The molecule has 31 heavy (non-hydrogen) atoms. The summed E-state index contributed by atoms with van der Waals surface area (Å²) in [4.78, 5) is 11.5. The van der Waals surface area contributed by atoms with E-state index < -0.39 is 33.8 Å². The van der Waals surface area contributed by atoms with E-state index >= 15 is 0 Å². The number of likely N-dealkylation sites (N-methyl/N-ethyl adjacent to an activating group) is 1. The number of aliphatic hydroxyl groups excluding tert-OH is 1. The van der Waals surface area contributed by atoms with Crippen molar-refractivity contribution < 1.29 is 27.8 Å². The fourth-order valence-corrected chi connectivity index (χ4v) is 5.01. The van der Waals surface area contributed by atoms with E-state index in [1.54, 1.807) is 13.1 Å². The van der Waals surface area contributed by atoms with E-state index in [9.17, 15) is 27.8 Å². The quantitative estimate of drug-likeness (QED) is 0.524. The summed E-state index contributed by atoms with van der Waals surface area (Å²) in [7, 11) is -2.50. The van der Waals surface area contributed by atoms with Crippen LogP contribution in [-0.2, 0) is 21.4 Å². The topological polar surface area (TPSA) is 99.8 Å². The van der Waals surface area contributed by atoms with Crippen LogP contribution in [0.3, 0.4) is 0 Å². The van der Waals surface area contributed by atoms with Crippen molar-refractivity contribution in [3.8, 4) is 0 Å². The molecular weight excluding hydrogens is 423 g/mol. The molecule has 0 aliphatic carbocycles. The third-order valence-electron chi connectivity index (χ3n) is 5.53. The minimum absolute atomic E-state index is 0.0445. The molecule has 0 aliphatic heterocycles. The average Bonchev–Trinajstić information content (AvgIpc) is 3.11. The molecule has 0 radical (unpaired) electrons. The van der Waals surface area contributed by atoms with E-state index in [1.807, 2.05) is 28.8 Å². The van der Waals surface area contributed by atoms with Gasteiger partial charge in [-0.1, -0.05) is 18.2 Å². The Hall–Kier alpha value is -2.75. The molecule has 3 rings (SSSR count). The summed E-state index contributed by atoms with van der Waals surface area (Å²) in [6.45, 7) is 1.58. The summed E-state index contributed by atoms with van der Waals surface area (Å²) < 4.78 is 42.3. The van der Waals surface area contributed by atoms with Gasteiger partial charge in [-0.25, -0.2) is 12.8 Å². The van der Waals surface area contributed by atoms with Crippen LogP contribution in [0.15, 0.2) is 59.6 Å². The lowest BCUT2D eigenvalue weighted by Crippen LogP contribution is -2.40. The molecule has 0 saturated heterocycles. The molecule has 166 valence electrons. The van der Waals surface area contributed by atoms with Gasteiger partial charge < -0.3 is 14.8 Å². The van der Waals surface area contributed by atoms with Gasteiger partial charge in [0.05, 0.1) is 10.8 Å². The van der Waals surface area contributed by atoms with E-state index in [2.05, 4.69) is 0 Å². The van der Waals surface area contributed by atoms with Crippen LogP contribution in [0.4, 0.5) is 4.39 Å². The van der Waals surface area contributed by atoms with Crippen LogP contribution in [0.2, 0.25) is 0 Å². The van der Waals surface area contributed by atoms with Crippen LogP contribution in [-0.4, -0.2) is 53.2 Å². The Morgan fingerprint density at radius 2 is 1.81 bits per heavy atom. The number of aromatic nitrogens is 1. The lowest BCUT2D eigenvalue weighted by molar-refractivity contribution is -0.138. The lowest BCUT2D eigenvalue weighted by atomic mass is 10.0. The van der Waals surface area contributed by atoms with Gasteiger partial charge in [0.25, 0.3) is 0 Å². The average molecular weight is 449 g/mol. The maximum absolute atomic E-state index is 13.2. The molecule has 1 unspecified atom stereocenters. The highest BCUT2D eigenvalue weighted by molar-refractivity contribution is 7.89. The predicted octanol–water partition coefficient (Wildman–Crippen LogP) is 3.04. The van der Waals surface area contributed by atoms with Crippen molar-refractivity contribution in [1.82, 2.24) is 8.87 Å². The number of benzene rings is 2. The van der Waals surface area contributed by atoms with Crippen molar-refractivity contribution in [2.24, 2.45) is 0 Å². The number of fused-ring (bicyclic) bond motifs is 1. The molecule has 1 aromatic heterocycles. The third kappa shape index (κ3) is 4.63. The monoisotopic (exact) mass is 448 g/mol. The van der Waals surface area contributed by atoms with Crippen molar-refractivity contribution in [2.75, 3.05) is 13.7 Å². The molecule has 0 spiro atoms. The number of aliphatic hydroxyl groups is 1. The van der Waals surface area contributed by atoms with Crippen molar-refractivity contribution in [1.29, 1.82) is 0 Å². The minimum Gasteiger partial charge on any atom is -0.481 e. The molecule has 3 aromatic rings. The first-order chi connectivity index (χ1) is 14.7. The SMILES string of the molecule is CC(C(=O)O)c1cn(C[C@H](CCO)N(C)S(=O)(=O)c2ccc(F)cc2)c2ccccc12. The molecule has 2 atom stereocenters.